The van der Waals surface area contributed by atoms with Crippen LogP contribution in [0.25, 0.3) is 0 Å². The second-order valence-electron chi connectivity index (χ2n) is 8.75. The van der Waals surface area contributed by atoms with Crippen LogP contribution in [0.15, 0.2) is 52.4 Å². The van der Waals surface area contributed by atoms with E-state index in [0.717, 1.165) is 16.2 Å². The number of hydrogen-bond acceptors (Lipinski definition) is 12. The number of pyridine rings is 1. The van der Waals surface area contributed by atoms with E-state index in [0.29, 0.717) is 11.3 Å². The molecule has 3 N–H and O–H groups in total. The number of nitrogens with zero attached hydrogens (tertiary/aromatic N) is 4. The van der Waals surface area contributed by atoms with Crippen molar-refractivity contribution in [3.63, 3.8) is 0 Å². The van der Waals surface area contributed by atoms with Crippen molar-refractivity contribution < 1.29 is 38.4 Å². The number of oxime groups is 1. The third-order valence-corrected chi connectivity index (χ3v) is 7.71. The van der Waals surface area contributed by atoms with Crippen molar-refractivity contribution >= 4 is 57.7 Å². The average Bonchev–Trinajstić information content (AvgIpc) is 3.32. The molecule has 4 rings (SSSR count). The summed E-state index contributed by atoms with van der Waals surface area (Å²) in [5, 5.41) is 19.4. The summed E-state index contributed by atoms with van der Waals surface area (Å²) in [4.78, 5) is 60.7. The van der Waals surface area contributed by atoms with Gasteiger partial charge in [0.1, 0.15) is 17.1 Å². The Hall–Kier alpha value is -3.98. The summed E-state index contributed by atoms with van der Waals surface area (Å²) in [5.74, 6) is -3.32. The van der Waals surface area contributed by atoms with E-state index >= 15 is 0 Å². The molecule has 0 saturated carbocycles. The minimum absolute atomic E-state index is 0.0723. The lowest BCUT2D eigenvalue weighted by molar-refractivity contribution is -0.689. The molecule has 2 atom stereocenters. The summed E-state index contributed by atoms with van der Waals surface area (Å²) in [6, 6.07) is 4.41. The van der Waals surface area contributed by atoms with E-state index in [9.17, 15) is 24.3 Å². The maximum absolute atomic E-state index is 13.2. The summed E-state index contributed by atoms with van der Waals surface area (Å²) < 4.78 is 6.47. The first-order valence-corrected chi connectivity index (χ1v) is 13.1. The number of nitrogens with two attached hydrogens (primary N) is 1. The van der Waals surface area contributed by atoms with Gasteiger partial charge in [-0.15, -0.1) is 23.1 Å². The van der Waals surface area contributed by atoms with E-state index in [-0.39, 0.29) is 28.8 Å². The standard InChI is InChI=1S/C23H24N6O7S2/c1-23(2,21(34)35-3)36-27-14(13-11-38-22(24)25-13)17(30)26-15-18(31)29-16(20(32)33)12(10-37-19(15)29)9-28-7-5-4-6-8-28/h4-8,11,15,19H,9-10H2,1-3H3,(H3-,24,25,26,30,32,33)/b27-14+. The van der Waals surface area contributed by atoms with E-state index in [1.54, 1.807) is 17.0 Å². The van der Waals surface area contributed by atoms with E-state index in [2.05, 4.69) is 20.2 Å². The minimum Gasteiger partial charge on any atom is -0.543 e. The number of carbonyl (C=O) groups excluding carboxylic acids is 4. The number of aromatic nitrogens is 2. The molecule has 15 heteroatoms. The molecule has 2 amide bonds. The average molecular weight is 561 g/mol. The van der Waals surface area contributed by atoms with Crippen LogP contribution in [0, 0.1) is 0 Å². The topological polar surface area (TPSA) is 180 Å². The molecule has 2 aliphatic rings. The first-order valence-electron chi connectivity index (χ1n) is 11.2. The van der Waals surface area contributed by atoms with Crippen LogP contribution in [0.4, 0.5) is 5.13 Å². The number of aliphatic carboxylic acids is 1. The highest BCUT2D eigenvalue weighted by molar-refractivity contribution is 8.00. The molecule has 0 bridgehead atoms. The lowest BCUT2D eigenvalue weighted by Gasteiger charge is -2.50. The minimum atomic E-state index is -1.52. The summed E-state index contributed by atoms with van der Waals surface area (Å²) in [7, 11) is 1.18. The fraction of sp³-hybridized carbons (Fsp3) is 0.348. The van der Waals surface area contributed by atoms with Crippen molar-refractivity contribution in [2.24, 2.45) is 5.16 Å². The molecule has 38 heavy (non-hydrogen) atoms. The van der Waals surface area contributed by atoms with Crippen LogP contribution in [-0.2, 0) is 35.3 Å². The van der Waals surface area contributed by atoms with E-state index in [4.69, 9.17) is 10.6 Å². The number of β-lactam (4-membered cyclic amide) rings is 1. The highest BCUT2D eigenvalue weighted by Crippen LogP contribution is 2.40. The molecule has 2 aliphatic heterocycles. The van der Waals surface area contributed by atoms with Gasteiger partial charge >= 0.3 is 5.97 Å². The number of fused-ring (bicyclic) bond motifs is 1. The third kappa shape index (κ3) is 5.33. The molecule has 1 fully saturated rings. The Morgan fingerprint density at radius 1 is 1.32 bits per heavy atom. The monoisotopic (exact) mass is 560 g/mol. The van der Waals surface area contributed by atoms with Crippen molar-refractivity contribution in [1.82, 2.24) is 15.2 Å². The fourth-order valence-electron chi connectivity index (χ4n) is 3.81. The normalized spacial score (nSPS) is 19.4. The predicted octanol–water partition coefficient (Wildman–Crippen LogP) is -1.21. The molecule has 0 aromatic carbocycles. The zero-order valence-electron chi connectivity index (χ0n) is 20.6. The van der Waals surface area contributed by atoms with Crippen LogP contribution < -0.4 is 20.7 Å². The number of carboxylic acids is 1. The van der Waals surface area contributed by atoms with E-state index in [1.807, 2.05) is 18.2 Å². The van der Waals surface area contributed by atoms with Gasteiger partial charge in [-0.2, -0.15) is 0 Å². The van der Waals surface area contributed by atoms with Crippen molar-refractivity contribution in [2.75, 3.05) is 18.6 Å². The van der Waals surface area contributed by atoms with Crippen LogP contribution in [0.5, 0.6) is 0 Å². The maximum atomic E-state index is 13.2. The fourth-order valence-corrected chi connectivity index (χ4v) is 5.69. The van der Waals surface area contributed by atoms with Crippen LogP contribution in [0.3, 0.4) is 0 Å². The number of carbonyl (C=O) groups is 4. The zero-order valence-corrected chi connectivity index (χ0v) is 22.2. The highest BCUT2D eigenvalue weighted by atomic mass is 32.2. The van der Waals surface area contributed by atoms with Crippen molar-refractivity contribution in [3.05, 3.63) is 52.9 Å². The van der Waals surface area contributed by atoms with Gasteiger partial charge in [-0.05, 0) is 13.8 Å². The number of thioether (sulfide) groups is 1. The largest absolute Gasteiger partial charge is 0.543 e. The van der Waals surface area contributed by atoms with Crippen LogP contribution in [0.1, 0.15) is 19.5 Å². The molecule has 2 unspecified atom stereocenters. The summed E-state index contributed by atoms with van der Waals surface area (Å²) >= 11 is 2.37. The van der Waals surface area contributed by atoms with Crippen molar-refractivity contribution in [2.45, 2.75) is 37.4 Å². The van der Waals surface area contributed by atoms with Gasteiger partial charge in [0.2, 0.25) is 5.60 Å². The Morgan fingerprint density at radius 2 is 2.03 bits per heavy atom. The Morgan fingerprint density at radius 3 is 2.63 bits per heavy atom. The quantitative estimate of drug-likeness (QED) is 0.124. The number of anilines is 1. The highest BCUT2D eigenvalue weighted by Gasteiger charge is 2.53. The lowest BCUT2D eigenvalue weighted by Crippen LogP contribution is -2.71. The molecular weight excluding hydrogens is 536 g/mol. The molecule has 0 spiro atoms. The van der Waals surface area contributed by atoms with Crippen LogP contribution >= 0.6 is 23.1 Å². The lowest BCUT2D eigenvalue weighted by atomic mass is 10.0. The van der Waals surface area contributed by atoms with Crippen molar-refractivity contribution in [1.29, 1.82) is 0 Å². The molecule has 0 radical (unpaired) electrons. The van der Waals surface area contributed by atoms with Gasteiger partial charge in [0, 0.05) is 28.8 Å². The zero-order chi connectivity index (χ0) is 27.6. The molecule has 2 aromatic rings. The van der Waals surface area contributed by atoms with Crippen LogP contribution in [0.2, 0.25) is 0 Å². The smallest absolute Gasteiger partial charge is 0.352 e. The first kappa shape index (κ1) is 27.1. The van der Waals surface area contributed by atoms with Gasteiger partial charge in [0.05, 0.1) is 18.8 Å². The number of nitrogen functional groups attached to an aromatic ring is 1. The summed E-state index contributed by atoms with van der Waals surface area (Å²) in [6.45, 7) is 3.07. The second kappa shape index (κ2) is 10.8. The van der Waals surface area contributed by atoms with Crippen LogP contribution in [-0.4, -0.2) is 69.2 Å². The number of amides is 2. The van der Waals surface area contributed by atoms with E-state index < -0.39 is 40.8 Å². The van der Waals surface area contributed by atoms with Gasteiger partial charge in [0.25, 0.3) is 11.8 Å². The van der Waals surface area contributed by atoms with Crippen molar-refractivity contribution in [3.8, 4) is 0 Å². The summed E-state index contributed by atoms with van der Waals surface area (Å²) in [5.41, 5.74) is 4.24. The predicted molar refractivity (Wildman–Crippen MR) is 134 cm³/mol. The number of hydrogen-bond donors (Lipinski definition) is 2. The molecule has 200 valence electrons. The maximum Gasteiger partial charge on any atom is 0.352 e. The Bertz CT molecular complexity index is 1340. The summed E-state index contributed by atoms with van der Waals surface area (Å²) in [6.07, 6.45) is 3.57. The molecule has 13 nitrogen and oxygen atoms in total. The van der Waals surface area contributed by atoms with Gasteiger partial charge in [-0.25, -0.2) is 14.3 Å². The number of carboxylic acid groups (broad SMARTS) is 1. The number of thiazole rings is 1. The molecule has 2 aromatic heterocycles. The SMILES string of the molecule is COC(=O)C(C)(C)O/N=C(/C(=O)NC1C(=O)N2C(C(=O)[O-])=C(C[n+]3ccccc3)CSC12)c1csc(N)n1. The molecule has 0 aliphatic carbocycles. The third-order valence-electron chi connectivity index (χ3n) is 5.70. The number of methoxy groups -OCH3 is 1. The van der Waals surface area contributed by atoms with E-state index in [1.165, 1.54) is 38.1 Å². The van der Waals surface area contributed by atoms with Gasteiger partial charge in [0.15, 0.2) is 29.8 Å². The first-order chi connectivity index (χ1) is 18.0. The molecule has 1 saturated heterocycles. The Kier molecular flexibility index (Phi) is 7.68. The number of esters is 1. The Balaban J connectivity index is 1.55. The second-order valence-corrected chi connectivity index (χ2v) is 10.7. The Labute approximate surface area is 225 Å². The number of nitrogens with one attached hydrogen (secondary N) is 1. The molecular formula is C23H24N6O7S2. The number of rotatable bonds is 9. The molecule has 4 heterocycles. The van der Waals surface area contributed by atoms with Gasteiger partial charge in [-0.3, -0.25) is 14.5 Å². The van der Waals surface area contributed by atoms with Gasteiger partial charge < -0.3 is 30.5 Å². The van der Waals surface area contributed by atoms with Gasteiger partial charge in [-0.1, -0.05) is 11.2 Å². The number of ether oxygens (including phenoxy) is 1.